The van der Waals surface area contributed by atoms with Gasteiger partial charge in [0, 0.05) is 0 Å². The molecule has 0 aromatic carbocycles. The van der Waals surface area contributed by atoms with E-state index in [0.717, 1.165) is 29.1 Å². The first-order valence-electron chi connectivity index (χ1n) is 6.20. The molecule has 74 valence electrons. The van der Waals surface area contributed by atoms with Gasteiger partial charge in [-0.1, -0.05) is 33.1 Å². The quantitative estimate of drug-likeness (QED) is 0.602. The van der Waals surface area contributed by atoms with Crippen molar-refractivity contribution in [3.05, 3.63) is 0 Å². The van der Waals surface area contributed by atoms with Gasteiger partial charge in [0.05, 0.1) is 0 Å². The summed E-state index contributed by atoms with van der Waals surface area (Å²) in [5.41, 5.74) is 0.800. The highest BCUT2D eigenvalue weighted by Gasteiger charge is 2.61. The lowest BCUT2D eigenvalue weighted by atomic mass is 9.77. The van der Waals surface area contributed by atoms with Crippen molar-refractivity contribution in [3.63, 3.8) is 0 Å². The van der Waals surface area contributed by atoms with Crippen molar-refractivity contribution in [1.82, 2.24) is 0 Å². The summed E-state index contributed by atoms with van der Waals surface area (Å²) in [5, 5.41) is 0. The highest BCUT2D eigenvalue weighted by atomic mass is 14.7. The molecule has 0 saturated heterocycles. The summed E-state index contributed by atoms with van der Waals surface area (Å²) in [5.74, 6) is 4.44. The Hall–Kier alpha value is 0. The average Bonchev–Trinajstić information content (AvgIpc) is 2.63. The van der Waals surface area contributed by atoms with Crippen LogP contribution < -0.4 is 0 Å². The topological polar surface area (TPSA) is 0 Å². The monoisotopic (exact) mass is 178 g/mol. The first-order valence-corrected chi connectivity index (χ1v) is 6.20. The van der Waals surface area contributed by atoms with E-state index in [-0.39, 0.29) is 0 Å². The second kappa shape index (κ2) is 2.52. The summed E-state index contributed by atoms with van der Waals surface area (Å²) < 4.78 is 0. The molecule has 3 saturated carbocycles. The van der Waals surface area contributed by atoms with Gasteiger partial charge in [-0.05, 0) is 48.3 Å². The molecule has 0 amide bonds. The Morgan fingerprint density at radius 2 is 2.08 bits per heavy atom. The van der Waals surface area contributed by atoms with Gasteiger partial charge in [0.25, 0.3) is 0 Å². The molecule has 0 aromatic heterocycles. The van der Waals surface area contributed by atoms with E-state index in [0.29, 0.717) is 0 Å². The molecule has 3 rings (SSSR count). The fourth-order valence-electron chi connectivity index (χ4n) is 3.99. The Bertz CT molecular complexity index is 216. The summed E-state index contributed by atoms with van der Waals surface area (Å²) in [7, 11) is 0. The van der Waals surface area contributed by atoms with Gasteiger partial charge in [0.15, 0.2) is 0 Å². The molecule has 2 unspecified atom stereocenters. The molecule has 0 bridgehead atoms. The standard InChI is InChI=1S/C13H22/c1-9-6-11(7-10-4-3-5-10)12-8-13(9,12)2/h9-12H,3-8H2,1-2H3/t9-,11?,12+,13?/m1/s1. The lowest BCUT2D eigenvalue weighted by Crippen LogP contribution is -2.16. The molecule has 3 aliphatic carbocycles. The third-order valence-corrected chi connectivity index (χ3v) is 5.56. The van der Waals surface area contributed by atoms with Gasteiger partial charge in [0.1, 0.15) is 0 Å². The van der Waals surface area contributed by atoms with Crippen LogP contribution in [0.25, 0.3) is 0 Å². The molecule has 0 radical (unpaired) electrons. The third kappa shape index (κ3) is 1.10. The lowest BCUT2D eigenvalue weighted by Gasteiger charge is -2.28. The van der Waals surface area contributed by atoms with E-state index in [4.69, 9.17) is 0 Å². The lowest BCUT2D eigenvalue weighted by molar-refractivity contribution is 0.234. The molecule has 0 aromatic rings. The fourth-order valence-corrected chi connectivity index (χ4v) is 3.99. The number of hydrogen-bond acceptors (Lipinski definition) is 0. The predicted molar refractivity (Wildman–Crippen MR) is 55.4 cm³/mol. The first kappa shape index (κ1) is 8.32. The maximum absolute atomic E-state index is 2.53. The maximum atomic E-state index is 2.53. The Morgan fingerprint density at radius 1 is 1.31 bits per heavy atom. The van der Waals surface area contributed by atoms with Crippen LogP contribution in [0.2, 0.25) is 0 Å². The summed E-state index contributed by atoms with van der Waals surface area (Å²) in [6, 6.07) is 0. The van der Waals surface area contributed by atoms with Crippen LogP contribution in [-0.2, 0) is 0 Å². The van der Waals surface area contributed by atoms with Crippen LogP contribution in [-0.4, -0.2) is 0 Å². The van der Waals surface area contributed by atoms with Gasteiger partial charge in [-0.2, -0.15) is 0 Å². The number of rotatable bonds is 2. The maximum Gasteiger partial charge on any atom is -0.0266 e. The highest BCUT2D eigenvalue weighted by Crippen LogP contribution is 2.69. The largest absolute Gasteiger partial charge is 0.0620 e. The molecule has 3 fully saturated rings. The molecule has 0 spiro atoms. The SMILES string of the molecule is C[C@@H]1CC(CC2CCC2)[C@@H]2CC12C. The minimum absolute atomic E-state index is 0.800. The Morgan fingerprint density at radius 3 is 2.46 bits per heavy atom. The molecule has 4 atom stereocenters. The number of fused-ring (bicyclic) bond motifs is 1. The molecule has 3 aliphatic rings. The number of hydrogen-bond donors (Lipinski definition) is 0. The van der Waals surface area contributed by atoms with E-state index in [1.165, 1.54) is 6.42 Å². The van der Waals surface area contributed by atoms with Gasteiger partial charge in [-0.15, -0.1) is 0 Å². The summed E-state index contributed by atoms with van der Waals surface area (Å²) in [6.07, 6.45) is 9.32. The molecule has 0 heteroatoms. The molecular weight excluding hydrogens is 156 g/mol. The second-order valence-corrected chi connectivity index (χ2v) is 6.25. The molecule has 13 heavy (non-hydrogen) atoms. The van der Waals surface area contributed by atoms with Crippen molar-refractivity contribution >= 4 is 0 Å². The first-order chi connectivity index (χ1) is 6.20. The van der Waals surface area contributed by atoms with Crippen LogP contribution in [0.1, 0.15) is 52.4 Å². The van der Waals surface area contributed by atoms with Crippen LogP contribution in [0.5, 0.6) is 0 Å². The molecule has 0 aliphatic heterocycles. The van der Waals surface area contributed by atoms with Crippen molar-refractivity contribution < 1.29 is 0 Å². The van der Waals surface area contributed by atoms with E-state index < -0.39 is 0 Å². The van der Waals surface area contributed by atoms with Crippen LogP contribution in [0.4, 0.5) is 0 Å². The van der Waals surface area contributed by atoms with Gasteiger partial charge < -0.3 is 0 Å². The summed E-state index contributed by atoms with van der Waals surface area (Å²) in [4.78, 5) is 0. The van der Waals surface area contributed by atoms with Gasteiger partial charge in [-0.25, -0.2) is 0 Å². The van der Waals surface area contributed by atoms with E-state index in [1.807, 2.05) is 0 Å². The zero-order valence-corrected chi connectivity index (χ0v) is 9.05. The van der Waals surface area contributed by atoms with E-state index in [9.17, 15) is 0 Å². The summed E-state index contributed by atoms with van der Waals surface area (Å²) >= 11 is 0. The van der Waals surface area contributed by atoms with Crippen molar-refractivity contribution in [2.24, 2.45) is 29.1 Å². The molecular formula is C13H22. The zero-order chi connectivity index (χ0) is 9.05. The fraction of sp³-hybridized carbons (Fsp3) is 1.00. The van der Waals surface area contributed by atoms with E-state index in [2.05, 4.69) is 13.8 Å². The van der Waals surface area contributed by atoms with Crippen LogP contribution in [0.15, 0.2) is 0 Å². The molecule has 0 heterocycles. The Labute approximate surface area is 82.1 Å². The normalized spacial score (nSPS) is 54.5. The van der Waals surface area contributed by atoms with Crippen molar-refractivity contribution in [1.29, 1.82) is 0 Å². The van der Waals surface area contributed by atoms with Crippen LogP contribution in [0.3, 0.4) is 0 Å². The van der Waals surface area contributed by atoms with Crippen molar-refractivity contribution in [2.75, 3.05) is 0 Å². The molecule has 0 nitrogen and oxygen atoms in total. The van der Waals surface area contributed by atoms with Gasteiger partial charge in [-0.3, -0.25) is 0 Å². The van der Waals surface area contributed by atoms with E-state index in [1.54, 1.807) is 32.1 Å². The summed E-state index contributed by atoms with van der Waals surface area (Å²) in [6.45, 7) is 5.02. The van der Waals surface area contributed by atoms with Crippen molar-refractivity contribution in [2.45, 2.75) is 52.4 Å². The van der Waals surface area contributed by atoms with Gasteiger partial charge >= 0.3 is 0 Å². The predicted octanol–water partition coefficient (Wildman–Crippen LogP) is 3.86. The third-order valence-electron chi connectivity index (χ3n) is 5.56. The minimum atomic E-state index is 0.800. The average molecular weight is 178 g/mol. The van der Waals surface area contributed by atoms with Gasteiger partial charge in [0.2, 0.25) is 0 Å². The minimum Gasteiger partial charge on any atom is -0.0620 e. The van der Waals surface area contributed by atoms with Crippen molar-refractivity contribution in [3.8, 4) is 0 Å². The highest BCUT2D eigenvalue weighted by molar-refractivity contribution is 5.10. The zero-order valence-electron chi connectivity index (χ0n) is 9.05. The Balaban J connectivity index is 1.61. The smallest absolute Gasteiger partial charge is 0.0266 e. The van der Waals surface area contributed by atoms with Crippen LogP contribution >= 0.6 is 0 Å². The molecule has 0 N–H and O–H groups in total. The Kier molecular flexibility index (Phi) is 1.61. The van der Waals surface area contributed by atoms with E-state index >= 15 is 0 Å². The second-order valence-electron chi connectivity index (χ2n) is 6.25. The van der Waals surface area contributed by atoms with Crippen LogP contribution in [0, 0.1) is 29.1 Å².